The van der Waals surface area contributed by atoms with Gasteiger partial charge >= 0.3 is 11.8 Å². The Bertz CT molecular complexity index is 3290. The molecule has 4 N–H and O–H groups in total. The number of imidazole rings is 1. The van der Waals surface area contributed by atoms with Gasteiger partial charge in [-0.15, -0.1) is 0 Å². The summed E-state index contributed by atoms with van der Waals surface area (Å²) in [5, 5.41) is 22.6. The molecule has 4 aromatic carbocycles. The Morgan fingerprint density at radius 2 is 1.58 bits per heavy atom. The topological polar surface area (TPSA) is 191 Å². The number of benzene rings is 4. The van der Waals surface area contributed by atoms with Gasteiger partial charge in [-0.05, 0) is 151 Å². The quantitative estimate of drug-likeness (QED) is 0.0835. The molecule has 1 aromatic heterocycles. The van der Waals surface area contributed by atoms with Crippen LogP contribution in [0.4, 0.5) is 20.6 Å². The van der Waals surface area contributed by atoms with Gasteiger partial charge in [-0.3, -0.25) is 33.6 Å². The van der Waals surface area contributed by atoms with Crippen LogP contribution < -0.4 is 26.5 Å². The van der Waals surface area contributed by atoms with Crippen molar-refractivity contribution in [1.29, 1.82) is 0 Å². The standard InChI is InChI=1S/C61H74FN9O8/c1-38-11-15-43(64-50-36-70(35-49(50)62)59(77)79-60(3,4)5)33-48(38)55(73)63-39(2)45-17-14-41(46-9-7-8-10-47(45)46)13-12-40-21-27-67(28-22-40)37-61(78)25-31-69(32-26-61)57(75)42-23-29-68(30-24-42)44-16-18-51-53(34-44)66(6)58(76)71(51)52-19-20-54(72)65-56(52)74/h7-11,14-18,33-34,39-40,42,49-50,52,64,78H,19-32,35-37H2,1-6H3,(H,63,73)(H,65,72,74)/t39-,49+,50+,52?/m1/s1. The molecule has 4 atom stereocenters. The fourth-order valence-corrected chi connectivity index (χ4v) is 12.3. The number of likely N-dealkylation sites (tertiary alicyclic amines) is 3. The van der Waals surface area contributed by atoms with Crippen molar-refractivity contribution >= 4 is 62.9 Å². The van der Waals surface area contributed by atoms with Gasteiger partial charge in [0.05, 0.1) is 35.3 Å². The summed E-state index contributed by atoms with van der Waals surface area (Å²) in [7, 11) is 1.69. The molecule has 0 aliphatic carbocycles. The van der Waals surface area contributed by atoms with E-state index in [-0.39, 0.29) is 67.2 Å². The summed E-state index contributed by atoms with van der Waals surface area (Å²) < 4.78 is 23.6. The number of fused-ring (bicyclic) bond motifs is 2. The van der Waals surface area contributed by atoms with E-state index in [9.17, 15) is 33.9 Å². The molecule has 1 unspecified atom stereocenters. The summed E-state index contributed by atoms with van der Waals surface area (Å²) in [5.74, 6) is 6.28. The fourth-order valence-electron chi connectivity index (χ4n) is 12.3. The predicted octanol–water partition coefficient (Wildman–Crippen LogP) is 6.97. The number of anilines is 2. The number of hydrogen-bond acceptors (Lipinski definition) is 11. The highest BCUT2D eigenvalue weighted by atomic mass is 19.1. The van der Waals surface area contributed by atoms with Gasteiger partial charge in [-0.25, -0.2) is 14.0 Å². The molecule has 6 heterocycles. The second-order valence-electron chi connectivity index (χ2n) is 23.6. The second-order valence-corrected chi connectivity index (χ2v) is 23.6. The highest BCUT2D eigenvalue weighted by Crippen LogP contribution is 2.34. The molecule has 17 nitrogen and oxygen atoms in total. The number of rotatable bonds is 10. The van der Waals surface area contributed by atoms with Crippen LogP contribution in [0.25, 0.3) is 21.8 Å². The Morgan fingerprint density at radius 1 is 0.861 bits per heavy atom. The summed E-state index contributed by atoms with van der Waals surface area (Å²) in [6.07, 6.45) is 2.86. The number of aryl methyl sites for hydroxylation is 2. The molecule has 18 heteroatoms. The van der Waals surface area contributed by atoms with Gasteiger partial charge in [0.1, 0.15) is 17.8 Å². The molecule has 5 amide bonds. The number of β-amino-alcohol motifs (C(OH)–C–C–N with tert-alkyl or cyclic N) is 1. The average Bonchev–Trinajstić information content (AvgIpc) is 4.17. The first kappa shape index (κ1) is 55.1. The predicted molar refractivity (Wildman–Crippen MR) is 301 cm³/mol. The van der Waals surface area contributed by atoms with E-state index in [1.165, 1.54) is 9.47 Å². The van der Waals surface area contributed by atoms with Crippen LogP contribution in [-0.2, 0) is 26.2 Å². The van der Waals surface area contributed by atoms with Gasteiger partial charge in [0.2, 0.25) is 17.7 Å². The lowest BCUT2D eigenvalue weighted by atomic mass is 9.87. The van der Waals surface area contributed by atoms with Gasteiger partial charge < -0.3 is 40.1 Å². The van der Waals surface area contributed by atoms with Crippen molar-refractivity contribution in [1.82, 2.24) is 34.5 Å². The van der Waals surface area contributed by atoms with E-state index in [0.717, 1.165) is 59.1 Å². The third kappa shape index (κ3) is 12.0. The van der Waals surface area contributed by atoms with Crippen LogP contribution >= 0.6 is 0 Å². The van der Waals surface area contributed by atoms with Crippen LogP contribution in [0.5, 0.6) is 0 Å². The number of aromatic nitrogens is 2. The third-order valence-electron chi connectivity index (χ3n) is 16.8. The SMILES string of the molecule is Cc1ccc(N[C@H]2CN(C(=O)OC(C)(C)C)C[C@@H]2F)cc1C(=O)N[C@H](C)c1ccc(C#CC2CCN(CC3(O)CCN(C(=O)C4CCN(c5ccc6c(c5)n(C)c(=O)n6C5CCC(=O)NC5=O)CC4)CC3)CC2)c2ccccc12. The Labute approximate surface area is 460 Å². The highest BCUT2D eigenvalue weighted by Gasteiger charge is 2.40. The maximum Gasteiger partial charge on any atom is 0.410 e. The molecule has 418 valence electrons. The molecule has 5 aliphatic heterocycles. The summed E-state index contributed by atoms with van der Waals surface area (Å²) in [6, 6.07) is 21.6. The number of halogens is 1. The number of nitrogens with zero attached hydrogens (tertiary/aromatic N) is 6. The zero-order chi connectivity index (χ0) is 55.9. The number of aliphatic hydroxyl groups is 1. The molecule has 5 fully saturated rings. The van der Waals surface area contributed by atoms with Crippen LogP contribution in [0.1, 0.15) is 118 Å². The molecular weight excluding hydrogens is 1010 g/mol. The minimum absolute atomic E-state index is 0.0732. The van der Waals surface area contributed by atoms with E-state index in [2.05, 4.69) is 49.7 Å². The van der Waals surface area contributed by atoms with Crippen molar-refractivity contribution in [2.75, 3.05) is 69.1 Å². The lowest BCUT2D eigenvalue weighted by Crippen LogP contribution is -2.54. The molecule has 5 aliphatic rings. The van der Waals surface area contributed by atoms with Crippen LogP contribution in [0.3, 0.4) is 0 Å². The van der Waals surface area contributed by atoms with Gasteiger partial charge in [0.15, 0.2) is 0 Å². The Hall–Kier alpha value is -7.23. The summed E-state index contributed by atoms with van der Waals surface area (Å²) in [5.41, 5.74) is 4.16. The number of ether oxygens (including phenoxy) is 1. The maximum atomic E-state index is 15.1. The molecule has 5 saturated heterocycles. The molecule has 0 saturated carbocycles. The van der Waals surface area contributed by atoms with E-state index in [0.29, 0.717) is 80.7 Å². The number of piperidine rings is 4. The molecule has 0 spiro atoms. The first-order valence-corrected chi connectivity index (χ1v) is 28.1. The number of imide groups is 1. The second kappa shape index (κ2) is 22.5. The van der Waals surface area contributed by atoms with E-state index >= 15 is 4.39 Å². The monoisotopic (exact) mass is 1080 g/mol. The summed E-state index contributed by atoms with van der Waals surface area (Å²) >= 11 is 0. The van der Waals surface area contributed by atoms with Crippen molar-refractivity contribution < 1.29 is 38.2 Å². The summed E-state index contributed by atoms with van der Waals surface area (Å²) in [6.45, 7) is 13.9. The van der Waals surface area contributed by atoms with Gasteiger partial charge in [0.25, 0.3) is 5.91 Å². The van der Waals surface area contributed by atoms with Crippen LogP contribution in [-0.4, -0.2) is 141 Å². The molecule has 79 heavy (non-hydrogen) atoms. The van der Waals surface area contributed by atoms with Gasteiger partial charge in [-0.1, -0.05) is 48.2 Å². The van der Waals surface area contributed by atoms with E-state index < -0.39 is 41.5 Å². The molecule has 0 bridgehead atoms. The lowest BCUT2D eigenvalue weighted by molar-refractivity contribution is -0.141. The van der Waals surface area contributed by atoms with Crippen molar-refractivity contribution in [3.63, 3.8) is 0 Å². The first-order chi connectivity index (χ1) is 37.7. The average molecular weight is 1080 g/mol. The lowest BCUT2D eigenvalue weighted by Gasteiger charge is -2.43. The molecule has 0 radical (unpaired) electrons. The van der Waals surface area contributed by atoms with E-state index in [1.54, 1.807) is 38.5 Å². The molecule has 10 rings (SSSR count). The normalized spacial score (nSPS) is 21.9. The third-order valence-corrected chi connectivity index (χ3v) is 16.8. The Balaban J connectivity index is 0.683. The number of amides is 5. The van der Waals surface area contributed by atoms with Crippen LogP contribution in [0.2, 0.25) is 0 Å². The number of carbonyl (C=O) groups is 5. The first-order valence-electron chi connectivity index (χ1n) is 28.1. The van der Waals surface area contributed by atoms with Gasteiger partial charge in [0, 0.05) is 87.1 Å². The van der Waals surface area contributed by atoms with Crippen molar-refractivity contribution in [3.8, 4) is 11.8 Å². The number of alkyl halides is 1. The Kier molecular flexibility index (Phi) is 15.7. The number of hydrogen-bond donors (Lipinski definition) is 4. The smallest absolute Gasteiger partial charge is 0.410 e. The zero-order valence-corrected chi connectivity index (χ0v) is 46.3. The molecular formula is C61H74FN9O8. The van der Waals surface area contributed by atoms with Gasteiger partial charge in [-0.2, -0.15) is 0 Å². The zero-order valence-electron chi connectivity index (χ0n) is 46.3. The van der Waals surface area contributed by atoms with E-state index in [4.69, 9.17) is 4.74 Å². The number of carbonyl (C=O) groups excluding carboxylic acids is 5. The van der Waals surface area contributed by atoms with E-state index in [1.807, 2.05) is 73.3 Å². The van der Waals surface area contributed by atoms with Crippen molar-refractivity contribution in [2.24, 2.45) is 18.9 Å². The minimum atomic E-state index is -1.30. The largest absolute Gasteiger partial charge is 0.444 e. The summed E-state index contributed by atoms with van der Waals surface area (Å²) in [4.78, 5) is 86.0. The Morgan fingerprint density at radius 3 is 2.29 bits per heavy atom. The molecule has 5 aromatic rings. The van der Waals surface area contributed by atoms with Crippen LogP contribution in [0.15, 0.2) is 77.6 Å². The highest BCUT2D eigenvalue weighted by molar-refractivity contribution is 6.00. The van der Waals surface area contributed by atoms with Crippen molar-refractivity contribution in [2.45, 2.75) is 121 Å². The fraction of sp³-hybridized carbons (Fsp3) is 0.508. The maximum absolute atomic E-state index is 15.1. The van der Waals surface area contributed by atoms with Crippen LogP contribution in [0, 0.1) is 30.6 Å². The van der Waals surface area contributed by atoms with Crippen molar-refractivity contribution in [3.05, 3.63) is 106 Å². The minimum Gasteiger partial charge on any atom is -0.444 e. The number of nitrogens with one attached hydrogen (secondary N) is 3.